The molecule has 5 nitrogen and oxygen atoms in total. The average molecular weight is 237 g/mol. The summed E-state index contributed by atoms with van der Waals surface area (Å²) in [6, 6.07) is 6.84. The number of hydrogen-bond donors (Lipinski definition) is 3. The number of carboxylic acids is 1. The van der Waals surface area contributed by atoms with Crippen LogP contribution in [0.1, 0.15) is 22.8 Å². The molecule has 5 heteroatoms. The number of nitrogens with one attached hydrogen (secondary N) is 1. The van der Waals surface area contributed by atoms with E-state index in [1.807, 2.05) is 0 Å². The van der Waals surface area contributed by atoms with E-state index < -0.39 is 24.0 Å². The molecule has 0 aromatic heterocycles. The average Bonchev–Trinajstić information content (AvgIpc) is 2.29. The Bertz CT molecular complexity index is 444. The van der Waals surface area contributed by atoms with Crippen LogP contribution in [0.4, 0.5) is 0 Å². The van der Waals surface area contributed by atoms with Crippen molar-refractivity contribution in [1.29, 1.82) is 0 Å². The maximum absolute atomic E-state index is 11.9. The van der Waals surface area contributed by atoms with Crippen LogP contribution in [0.25, 0.3) is 0 Å². The van der Waals surface area contributed by atoms with Gasteiger partial charge in [0.05, 0.1) is 6.61 Å². The molecule has 0 radical (unpaired) electrons. The van der Waals surface area contributed by atoms with Crippen LogP contribution in [0.15, 0.2) is 24.3 Å². The Kier molecular flexibility index (Phi) is 3.85. The molecule has 1 atom stereocenters. The van der Waals surface area contributed by atoms with Gasteiger partial charge in [-0.05, 0) is 25.5 Å². The van der Waals surface area contributed by atoms with E-state index in [9.17, 15) is 9.59 Å². The van der Waals surface area contributed by atoms with Gasteiger partial charge in [-0.1, -0.05) is 18.2 Å². The number of carboxylic acid groups (broad SMARTS) is 1. The minimum atomic E-state index is -1.67. The Labute approximate surface area is 99.1 Å². The first-order valence-electron chi connectivity index (χ1n) is 5.13. The second kappa shape index (κ2) is 4.97. The molecule has 1 amide bonds. The summed E-state index contributed by atoms with van der Waals surface area (Å²) in [5.41, 5.74) is -0.525. The van der Waals surface area contributed by atoms with Gasteiger partial charge in [-0.3, -0.25) is 4.79 Å². The van der Waals surface area contributed by atoms with Crippen molar-refractivity contribution >= 4 is 11.9 Å². The Hall–Kier alpha value is -1.88. The van der Waals surface area contributed by atoms with Gasteiger partial charge in [0, 0.05) is 5.56 Å². The summed E-state index contributed by atoms with van der Waals surface area (Å²) in [7, 11) is 0. The molecular formula is C12H15NO4. The lowest BCUT2D eigenvalue weighted by atomic mass is 10.0. The third-order valence-corrected chi connectivity index (χ3v) is 2.57. The van der Waals surface area contributed by atoms with Crippen molar-refractivity contribution in [3.05, 3.63) is 35.4 Å². The molecule has 0 bridgehead atoms. The van der Waals surface area contributed by atoms with E-state index in [-0.39, 0.29) is 0 Å². The van der Waals surface area contributed by atoms with Crippen molar-refractivity contribution in [2.45, 2.75) is 19.4 Å². The SMILES string of the molecule is Cc1ccccc1C(=O)NC(C)(CO)C(=O)O. The summed E-state index contributed by atoms with van der Waals surface area (Å²) >= 11 is 0. The Morgan fingerprint density at radius 2 is 1.94 bits per heavy atom. The number of hydrogen-bond acceptors (Lipinski definition) is 3. The fourth-order valence-electron chi connectivity index (χ4n) is 1.31. The lowest BCUT2D eigenvalue weighted by Gasteiger charge is -2.24. The molecule has 1 aromatic carbocycles. The maximum Gasteiger partial charge on any atom is 0.331 e. The van der Waals surface area contributed by atoms with Crippen LogP contribution in [-0.2, 0) is 4.79 Å². The van der Waals surface area contributed by atoms with Gasteiger partial charge in [0.25, 0.3) is 5.91 Å². The molecule has 1 aromatic rings. The van der Waals surface area contributed by atoms with E-state index >= 15 is 0 Å². The molecule has 0 saturated heterocycles. The number of carbonyl (C=O) groups is 2. The normalized spacial score (nSPS) is 13.8. The van der Waals surface area contributed by atoms with Crippen LogP contribution in [0.2, 0.25) is 0 Å². The quantitative estimate of drug-likeness (QED) is 0.714. The van der Waals surface area contributed by atoms with Crippen LogP contribution in [0, 0.1) is 6.92 Å². The first kappa shape index (κ1) is 13.2. The number of amides is 1. The van der Waals surface area contributed by atoms with Gasteiger partial charge in [-0.2, -0.15) is 0 Å². The predicted molar refractivity (Wildman–Crippen MR) is 61.8 cm³/mol. The standard InChI is InChI=1S/C12H15NO4/c1-8-5-3-4-6-9(8)10(15)13-12(2,7-14)11(16)17/h3-6,14H,7H2,1-2H3,(H,13,15)(H,16,17). The summed E-state index contributed by atoms with van der Waals surface area (Å²) in [5, 5.41) is 20.3. The summed E-state index contributed by atoms with van der Waals surface area (Å²) in [4.78, 5) is 22.8. The number of benzene rings is 1. The molecule has 0 fully saturated rings. The fourth-order valence-corrected chi connectivity index (χ4v) is 1.31. The van der Waals surface area contributed by atoms with E-state index in [4.69, 9.17) is 10.2 Å². The summed E-state index contributed by atoms with van der Waals surface area (Å²) in [5.74, 6) is -1.79. The fraction of sp³-hybridized carbons (Fsp3) is 0.333. The lowest BCUT2D eigenvalue weighted by molar-refractivity contribution is -0.145. The third-order valence-electron chi connectivity index (χ3n) is 2.57. The van der Waals surface area contributed by atoms with Gasteiger partial charge < -0.3 is 15.5 Å². The highest BCUT2D eigenvalue weighted by atomic mass is 16.4. The highest BCUT2D eigenvalue weighted by molar-refractivity contribution is 5.98. The largest absolute Gasteiger partial charge is 0.479 e. The Morgan fingerprint density at radius 1 is 1.35 bits per heavy atom. The van der Waals surface area contributed by atoms with Gasteiger partial charge in [-0.15, -0.1) is 0 Å². The van der Waals surface area contributed by atoms with E-state index in [0.29, 0.717) is 5.56 Å². The zero-order valence-corrected chi connectivity index (χ0v) is 9.73. The topological polar surface area (TPSA) is 86.6 Å². The summed E-state index contributed by atoms with van der Waals surface area (Å²) in [6.45, 7) is 2.34. The van der Waals surface area contributed by atoms with Crippen molar-refractivity contribution in [3.63, 3.8) is 0 Å². The highest BCUT2D eigenvalue weighted by Gasteiger charge is 2.34. The molecular weight excluding hydrogens is 222 g/mol. The van der Waals surface area contributed by atoms with Crippen LogP contribution >= 0.6 is 0 Å². The van der Waals surface area contributed by atoms with Gasteiger partial charge >= 0.3 is 5.97 Å². The predicted octanol–water partition coefficient (Wildman–Crippen LogP) is 0.560. The van der Waals surface area contributed by atoms with Crippen LogP contribution in [0.5, 0.6) is 0 Å². The zero-order valence-electron chi connectivity index (χ0n) is 9.73. The molecule has 0 aliphatic rings. The first-order chi connectivity index (χ1) is 7.90. The Balaban J connectivity index is 2.93. The van der Waals surface area contributed by atoms with Gasteiger partial charge in [0.1, 0.15) is 0 Å². The van der Waals surface area contributed by atoms with Gasteiger partial charge in [0.15, 0.2) is 5.54 Å². The summed E-state index contributed by atoms with van der Waals surface area (Å²) in [6.07, 6.45) is 0. The van der Waals surface area contributed by atoms with E-state index in [1.165, 1.54) is 6.92 Å². The van der Waals surface area contributed by atoms with Crippen molar-refractivity contribution in [3.8, 4) is 0 Å². The van der Waals surface area contributed by atoms with Crippen LogP contribution in [0.3, 0.4) is 0 Å². The molecule has 0 aliphatic carbocycles. The number of carbonyl (C=O) groups excluding carboxylic acids is 1. The molecule has 0 spiro atoms. The van der Waals surface area contributed by atoms with Crippen molar-refractivity contribution in [1.82, 2.24) is 5.32 Å². The third kappa shape index (κ3) is 2.82. The molecule has 17 heavy (non-hydrogen) atoms. The first-order valence-corrected chi connectivity index (χ1v) is 5.13. The lowest BCUT2D eigenvalue weighted by Crippen LogP contribution is -2.55. The molecule has 1 rings (SSSR count). The zero-order chi connectivity index (χ0) is 13.1. The van der Waals surface area contributed by atoms with Gasteiger partial charge in [-0.25, -0.2) is 4.79 Å². The van der Waals surface area contributed by atoms with E-state index in [1.54, 1.807) is 31.2 Å². The molecule has 92 valence electrons. The highest BCUT2D eigenvalue weighted by Crippen LogP contribution is 2.10. The number of aryl methyl sites for hydroxylation is 1. The van der Waals surface area contributed by atoms with E-state index in [2.05, 4.69) is 5.32 Å². The van der Waals surface area contributed by atoms with Crippen molar-refractivity contribution in [2.75, 3.05) is 6.61 Å². The smallest absolute Gasteiger partial charge is 0.331 e. The van der Waals surface area contributed by atoms with Crippen LogP contribution < -0.4 is 5.32 Å². The van der Waals surface area contributed by atoms with E-state index in [0.717, 1.165) is 5.56 Å². The number of aliphatic hydroxyl groups is 1. The molecule has 0 aliphatic heterocycles. The monoisotopic (exact) mass is 237 g/mol. The van der Waals surface area contributed by atoms with Crippen molar-refractivity contribution in [2.24, 2.45) is 0 Å². The number of aliphatic carboxylic acids is 1. The minimum absolute atomic E-state index is 0.397. The number of rotatable bonds is 4. The van der Waals surface area contributed by atoms with Crippen LogP contribution in [-0.4, -0.2) is 34.2 Å². The molecule has 0 heterocycles. The number of aliphatic hydroxyl groups excluding tert-OH is 1. The van der Waals surface area contributed by atoms with Gasteiger partial charge in [0.2, 0.25) is 0 Å². The molecule has 0 saturated carbocycles. The maximum atomic E-state index is 11.9. The minimum Gasteiger partial charge on any atom is -0.479 e. The second-order valence-electron chi connectivity index (χ2n) is 4.06. The second-order valence-corrected chi connectivity index (χ2v) is 4.06. The molecule has 3 N–H and O–H groups in total. The Morgan fingerprint density at radius 3 is 2.41 bits per heavy atom. The van der Waals surface area contributed by atoms with Crippen molar-refractivity contribution < 1.29 is 19.8 Å². The summed E-state index contributed by atoms with van der Waals surface area (Å²) < 4.78 is 0. The molecule has 1 unspecified atom stereocenters.